The minimum absolute atomic E-state index is 0.350. The van der Waals surface area contributed by atoms with E-state index in [1.54, 1.807) is 29.2 Å². The van der Waals surface area contributed by atoms with E-state index in [0.29, 0.717) is 55.5 Å². The molecular formula is C27H30FN9O. The maximum Gasteiger partial charge on any atom is 0.225 e. The summed E-state index contributed by atoms with van der Waals surface area (Å²) in [5.41, 5.74) is 2.70. The minimum atomic E-state index is -1.30. The Labute approximate surface area is 220 Å². The Morgan fingerprint density at radius 1 is 1.11 bits per heavy atom. The number of hydrogen-bond acceptors (Lipinski definition) is 6. The van der Waals surface area contributed by atoms with Crippen LogP contribution < -0.4 is 4.90 Å². The van der Waals surface area contributed by atoms with Crippen molar-refractivity contribution in [1.82, 2.24) is 29.6 Å². The van der Waals surface area contributed by atoms with E-state index in [1.807, 2.05) is 38.6 Å². The number of rotatable bonds is 7. The van der Waals surface area contributed by atoms with Gasteiger partial charge in [0.15, 0.2) is 5.84 Å². The largest absolute Gasteiger partial charge is 0.380 e. The van der Waals surface area contributed by atoms with Gasteiger partial charge in [-0.05, 0) is 30.2 Å². The molecule has 1 aliphatic rings. The van der Waals surface area contributed by atoms with Crippen LogP contribution in [0.2, 0.25) is 0 Å². The second kappa shape index (κ2) is 10.5. The van der Waals surface area contributed by atoms with Crippen molar-refractivity contribution in [1.29, 1.82) is 5.41 Å². The maximum absolute atomic E-state index is 13.4. The number of amidine groups is 1. The molecule has 1 aromatic carbocycles. The number of piperazine rings is 1. The molecule has 5 rings (SSSR count). The molecule has 0 saturated carbocycles. The van der Waals surface area contributed by atoms with E-state index in [-0.39, 0.29) is 5.82 Å². The van der Waals surface area contributed by atoms with Crippen LogP contribution in [0.15, 0.2) is 66.3 Å². The van der Waals surface area contributed by atoms with E-state index < -0.39 is 5.60 Å². The predicted octanol–water partition coefficient (Wildman–Crippen LogP) is 3.17. The highest BCUT2D eigenvalue weighted by Gasteiger charge is 2.31. The number of hydrogen-bond donors (Lipinski definition) is 3. The third kappa shape index (κ3) is 4.92. The second-order valence-electron chi connectivity index (χ2n) is 9.25. The van der Waals surface area contributed by atoms with E-state index in [0.717, 1.165) is 23.2 Å². The Kier molecular flexibility index (Phi) is 7.01. The van der Waals surface area contributed by atoms with Gasteiger partial charge in [0.2, 0.25) is 5.95 Å². The van der Waals surface area contributed by atoms with Crippen molar-refractivity contribution in [3.63, 3.8) is 0 Å². The number of anilines is 1. The lowest BCUT2D eigenvalue weighted by atomic mass is 9.86. The van der Waals surface area contributed by atoms with Gasteiger partial charge in [-0.2, -0.15) is 5.10 Å². The molecule has 4 aromatic rings. The molecular weight excluding hydrogens is 485 g/mol. The van der Waals surface area contributed by atoms with Crippen molar-refractivity contribution in [2.24, 2.45) is 12.0 Å². The summed E-state index contributed by atoms with van der Waals surface area (Å²) in [5.74, 6) is 0.936. The van der Waals surface area contributed by atoms with Gasteiger partial charge in [-0.25, -0.2) is 19.4 Å². The first-order valence-electron chi connectivity index (χ1n) is 12.5. The molecule has 0 unspecified atom stereocenters. The highest BCUT2D eigenvalue weighted by atomic mass is 19.1. The number of nitrogens with zero attached hydrogens (tertiary/aromatic N) is 7. The van der Waals surface area contributed by atoms with Gasteiger partial charge in [0.25, 0.3) is 0 Å². The first-order chi connectivity index (χ1) is 18.4. The molecule has 4 heterocycles. The molecule has 11 heteroatoms. The molecule has 3 aromatic heterocycles. The van der Waals surface area contributed by atoms with Gasteiger partial charge in [0, 0.05) is 74.7 Å². The zero-order valence-electron chi connectivity index (χ0n) is 21.3. The summed E-state index contributed by atoms with van der Waals surface area (Å²) in [5, 5.41) is 23.1. The van der Waals surface area contributed by atoms with E-state index in [1.165, 1.54) is 12.1 Å². The summed E-state index contributed by atoms with van der Waals surface area (Å²) in [6.07, 6.45) is 10.4. The predicted molar refractivity (Wildman–Crippen MR) is 144 cm³/mol. The van der Waals surface area contributed by atoms with Crippen LogP contribution >= 0.6 is 0 Å². The zero-order valence-corrected chi connectivity index (χ0v) is 21.3. The van der Waals surface area contributed by atoms with E-state index in [9.17, 15) is 9.50 Å². The lowest BCUT2D eigenvalue weighted by molar-refractivity contribution is 0.0757. The second-order valence-corrected chi connectivity index (χ2v) is 9.25. The highest BCUT2D eigenvalue weighted by Crippen LogP contribution is 2.32. The van der Waals surface area contributed by atoms with Crippen molar-refractivity contribution in [3.8, 4) is 11.1 Å². The summed E-state index contributed by atoms with van der Waals surface area (Å²) < 4.78 is 15.1. The van der Waals surface area contributed by atoms with Crippen molar-refractivity contribution >= 4 is 18.1 Å². The molecule has 3 N–H and O–H groups in total. The average Bonchev–Trinajstić information content (AvgIpc) is 3.61. The van der Waals surface area contributed by atoms with Crippen LogP contribution in [0.3, 0.4) is 0 Å². The van der Waals surface area contributed by atoms with E-state index >= 15 is 0 Å². The summed E-state index contributed by atoms with van der Waals surface area (Å²) in [6.45, 7) is 4.56. The van der Waals surface area contributed by atoms with Crippen molar-refractivity contribution in [3.05, 3.63) is 84.0 Å². The summed E-state index contributed by atoms with van der Waals surface area (Å²) in [7, 11) is 1.88. The van der Waals surface area contributed by atoms with E-state index in [2.05, 4.69) is 34.8 Å². The number of aryl methyl sites for hydroxylation is 1. The average molecular weight is 516 g/mol. The number of benzene rings is 1. The first-order valence-corrected chi connectivity index (χ1v) is 12.5. The molecule has 196 valence electrons. The molecule has 1 saturated heterocycles. The van der Waals surface area contributed by atoms with Crippen molar-refractivity contribution in [2.75, 3.05) is 31.1 Å². The number of H-pyrrole nitrogens is 1. The molecule has 1 atom stereocenters. The van der Waals surface area contributed by atoms with Crippen molar-refractivity contribution < 1.29 is 9.50 Å². The lowest BCUT2D eigenvalue weighted by Crippen LogP contribution is -2.49. The summed E-state index contributed by atoms with van der Waals surface area (Å²) in [4.78, 5) is 20.9. The van der Waals surface area contributed by atoms with Crippen molar-refractivity contribution in [2.45, 2.75) is 18.9 Å². The molecule has 0 amide bonds. The number of aromatic amines is 1. The topological polar surface area (TPSA) is 122 Å². The van der Waals surface area contributed by atoms with Crippen LogP contribution in [-0.2, 0) is 12.6 Å². The molecule has 0 spiro atoms. The number of aliphatic hydroxyl groups is 1. The van der Waals surface area contributed by atoms with Crippen LogP contribution in [-0.4, -0.2) is 73.1 Å². The van der Waals surface area contributed by atoms with Crippen LogP contribution in [0.1, 0.15) is 30.2 Å². The van der Waals surface area contributed by atoms with Gasteiger partial charge in [-0.1, -0.05) is 19.1 Å². The van der Waals surface area contributed by atoms with Gasteiger partial charge in [-0.3, -0.25) is 10.1 Å². The monoisotopic (exact) mass is 515 g/mol. The number of aliphatic imine (C=N–C) groups is 1. The fourth-order valence-corrected chi connectivity index (χ4v) is 4.76. The summed E-state index contributed by atoms with van der Waals surface area (Å²) >= 11 is 0. The highest BCUT2D eigenvalue weighted by molar-refractivity contribution is 6.01. The molecule has 0 radical (unpaired) electrons. The fourth-order valence-electron chi connectivity index (χ4n) is 4.76. The van der Waals surface area contributed by atoms with Crippen LogP contribution in [0.5, 0.6) is 0 Å². The fraction of sp³-hybridized carbons (Fsp3) is 0.296. The zero-order chi connectivity index (χ0) is 26.7. The standard InChI is InChI=1S/C27H30FN9O/c1-3-27(38,21-4-6-23(28)7-5-21)22-15-31-26(32-16-22)37-10-8-36(9-11-37)25(33-18-29)24-12-19(13-30-24)20-14-34-35(2)17-20/h4-7,12-18,29-30,38H,3,8-11H2,1-2H3/t27-/m0/s1. The van der Waals surface area contributed by atoms with Crippen LogP contribution in [0.25, 0.3) is 11.1 Å². The van der Waals surface area contributed by atoms with Gasteiger partial charge in [-0.15, -0.1) is 0 Å². The quantitative estimate of drug-likeness (QED) is 0.257. The SMILES string of the molecule is CC[C@](O)(c1ccc(F)cc1)c1cnc(N2CCN(C(=NC=N)c3cc(-c4cnn(C)c4)c[nH]3)CC2)nc1. The Balaban J connectivity index is 1.27. The smallest absolute Gasteiger partial charge is 0.225 e. The first kappa shape index (κ1) is 25.3. The molecule has 0 bridgehead atoms. The van der Waals surface area contributed by atoms with Crippen LogP contribution in [0.4, 0.5) is 10.3 Å². The normalized spacial score (nSPS) is 15.9. The lowest BCUT2D eigenvalue weighted by Gasteiger charge is -2.36. The molecule has 1 aliphatic heterocycles. The third-order valence-corrected chi connectivity index (χ3v) is 6.96. The van der Waals surface area contributed by atoms with E-state index in [4.69, 9.17) is 5.41 Å². The van der Waals surface area contributed by atoms with Gasteiger partial charge in [0.1, 0.15) is 17.8 Å². The molecule has 38 heavy (non-hydrogen) atoms. The van der Waals surface area contributed by atoms with Gasteiger partial charge >= 0.3 is 0 Å². The molecule has 10 nitrogen and oxygen atoms in total. The number of halogens is 1. The summed E-state index contributed by atoms with van der Waals surface area (Å²) in [6, 6.07) is 7.87. The van der Waals surface area contributed by atoms with Gasteiger partial charge < -0.3 is 19.9 Å². The Hall–Kier alpha value is -4.38. The number of aromatic nitrogens is 5. The Morgan fingerprint density at radius 3 is 2.42 bits per heavy atom. The minimum Gasteiger partial charge on any atom is -0.380 e. The van der Waals surface area contributed by atoms with Crippen LogP contribution in [0, 0.1) is 11.2 Å². The Bertz CT molecular complexity index is 1420. The maximum atomic E-state index is 13.4. The Morgan fingerprint density at radius 2 is 1.82 bits per heavy atom. The van der Waals surface area contributed by atoms with Gasteiger partial charge in [0.05, 0.1) is 11.9 Å². The number of nitrogens with one attached hydrogen (secondary N) is 2. The molecule has 0 aliphatic carbocycles. The molecule has 1 fully saturated rings. The third-order valence-electron chi connectivity index (χ3n) is 6.96.